The Bertz CT molecular complexity index is 3380. The number of rotatable bonds is 6. The lowest BCUT2D eigenvalue weighted by molar-refractivity contribution is 0.660. The Kier molecular flexibility index (Phi) is 7.96. The van der Waals surface area contributed by atoms with Crippen LogP contribution < -0.4 is 4.90 Å². The van der Waals surface area contributed by atoms with Crippen molar-refractivity contribution in [1.29, 1.82) is 0 Å². The first-order valence-electron chi connectivity index (χ1n) is 21.8. The lowest BCUT2D eigenvalue weighted by atomic mass is 9.82. The molecule has 9 aromatic carbocycles. The SMILES string of the molecule is CC1(C)c2ccccc2-c2ccc(N(c3ccc(-c4ccccc4)cc3)c3ccc(-c4ccc5c(c4)c4ccccc4n5-c4ccc5c(c4)C(C)(C)c4ccccc4-5)cc3)cc21. The maximum Gasteiger partial charge on any atom is 0.0541 e. The number of nitrogens with zero attached hydrogens (tertiary/aromatic N) is 2. The molecule has 296 valence electrons. The lowest BCUT2D eigenvalue weighted by Crippen LogP contribution is -2.16. The van der Waals surface area contributed by atoms with Crippen molar-refractivity contribution in [2.24, 2.45) is 0 Å². The Morgan fingerprint density at radius 2 is 0.790 bits per heavy atom. The molecule has 2 aliphatic rings. The molecular weight excluding hydrogens is 749 g/mol. The van der Waals surface area contributed by atoms with Crippen molar-refractivity contribution in [2.45, 2.75) is 38.5 Å². The average molecular weight is 795 g/mol. The van der Waals surface area contributed by atoms with Gasteiger partial charge in [-0.3, -0.25) is 0 Å². The van der Waals surface area contributed by atoms with E-state index in [2.05, 4.69) is 243 Å². The van der Waals surface area contributed by atoms with Crippen molar-refractivity contribution in [3.05, 3.63) is 229 Å². The van der Waals surface area contributed by atoms with E-state index < -0.39 is 0 Å². The number of aromatic nitrogens is 1. The van der Waals surface area contributed by atoms with Crippen LogP contribution in [0.4, 0.5) is 17.1 Å². The molecule has 10 aromatic rings. The number of hydrogen-bond acceptors (Lipinski definition) is 1. The van der Waals surface area contributed by atoms with Crippen LogP contribution in [0.3, 0.4) is 0 Å². The fourth-order valence-electron chi connectivity index (χ4n) is 10.8. The number of para-hydroxylation sites is 1. The Balaban J connectivity index is 0.940. The summed E-state index contributed by atoms with van der Waals surface area (Å²) in [5, 5.41) is 2.52. The summed E-state index contributed by atoms with van der Waals surface area (Å²) in [4.78, 5) is 2.41. The molecule has 0 bridgehead atoms. The summed E-state index contributed by atoms with van der Waals surface area (Å²) in [5.41, 5.74) is 22.6. The van der Waals surface area contributed by atoms with Crippen LogP contribution in [-0.2, 0) is 10.8 Å². The summed E-state index contributed by atoms with van der Waals surface area (Å²) in [5.74, 6) is 0. The topological polar surface area (TPSA) is 8.17 Å². The van der Waals surface area contributed by atoms with E-state index in [4.69, 9.17) is 0 Å². The smallest absolute Gasteiger partial charge is 0.0541 e. The number of hydrogen-bond donors (Lipinski definition) is 0. The largest absolute Gasteiger partial charge is 0.310 e. The average Bonchev–Trinajstić information content (AvgIpc) is 3.86. The van der Waals surface area contributed by atoms with Crippen LogP contribution in [0.1, 0.15) is 49.9 Å². The molecule has 0 fully saturated rings. The van der Waals surface area contributed by atoms with Gasteiger partial charge in [-0.2, -0.15) is 0 Å². The third-order valence-corrected chi connectivity index (χ3v) is 14.0. The molecule has 12 rings (SSSR count). The van der Waals surface area contributed by atoms with E-state index in [1.54, 1.807) is 0 Å². The Morgan fingerprint density at radius 1 is 0.323 bits per heavy atom. The minimum absolute atomic E-state index is 0.0653. The fourth-order valence-corrected chi connectivity index (χ4v) is 10.8. The van der Waals surface area contributed by atoms with E-state index in [0.29, 0.717) is 0 Å². The number of fused-ring (bicyclic) bond motifs is 9. The van der Waals surface area contributed by atoms with E-state index in [1.807, 2.05) is 0 Å². The maximum absolute atomic E-state index is 2.45. The summed E-state index contributed by atoms with van der Waals surface area (Å²) >= 11 is 0. The number of benzene rings is 9. The highest BCUT2D eigenvalue weighted by Crippen LogP contribution is 2.52. The molecule has 0 unspecified atom stereocenters. The summed E-state index contributed by atoms with van der Waals surface area (Å²) in [6.07, 6.45) is 0. The van der Waals surface area contributed by atoms with Gasteiger partial charge in [0.25, 0.3) is 0 Å². The second kappa shape index (κ2) is 13.5. The predicted octanol–water partition coefficient (Wildman–Crippen LogP) is 16.2. The van der Waals surface area contributed by atoms with Gasteiger partial charge in [0.05, 0.1) is 11.0 Å². The van der Waals surface area contributed by atoms with E-state index in [9.17, 15) is 0 Å². The Morgan fingerprint density at radius 3 is 1.45 bits per heavy atom. The third kappa shape index (κ3) is 5.43. The van der Waals surface area contributed by atoms with Gasteiger partial charge in [-0.15, -0.1) is 0 Å². The van der Waals surface area contributed by atoms with Crippen molar-refractivity contribution in [1.82, 2.24) is 4.57 Å². The molecule has 0 saturated carbocycles. The van der Waals surface area contributed by atoms with Crippen molar-refractivity contribution in [3.8, 4) is 50.2 Å². The van der Waals surface area contributed by atoms with Crippen LogP contribution in [0.15, 0.2) is 206 Å². The quantitative estimate of drug-likeness (QED) is 0.163. The highest BCUT2D eigenvalue weighted by Gasteiger charge is 2.37. The van der Waals surface area contributed by atoms with Gasteiger partial charge in [0.15, 0.2) is 0 Å². The molecule has 0 atom stereocenters. The maximum atomic E-state index is 2.45. The second-order valence-electron chi connectivity index (χ2n) is 18.2. The summed E-state index contributed by atoms with van der Waals surface area (Å²) in [7, 11) is 0. The van der Waals surface area contributed by atoms with Crippen molar-refractivity contribution in [2.75, 3.05) is 4.90 Å². The molecular formula is C60H46N2. The minimum Gasteiger partial charge on any atom is -0.310 e. The van der Waals surface area contributed by atoms with Crippen LogP contribution in [0, 0.1) is 0 Å². The van der Waals surface area contributed by atoms with Gasteiger partial charge in [0, 0.05) is 44.4 Å². The molecule has 2 heteroatoms. The first-order chi connectivity index (χ1) is 30.3. The first kappa shape index (κ1) is 36.4. The zero-order valence-electron chi connectivity index (χ0n) is 35.5. The molecule has 0 amide bonds. The van der Waals surface area contributed by atoms with Crippen LogP contribution in [-0.4, -0.2) is 4.57 Å². The van der Waals surface area contributed by atoms with Gasteiger partial charge in [0.2, 0.25) is 0 Å². The van der Waals surface area contributed by atoms with E-state index in [1.165, 1.54) is 94.3 Å². The summed E-state index contributed by atoms with van der Waals surface area (Å²) in [6, 6.07) is 76.5. The zero-order valence-corrected chi connectivity index (χ0v) is 35.5. The molecule has 62 heavy (non-hydrogen) atoms. The zero-order chi connectivity index (χ0) is 41.7. The third-order valence-electron chi connectivity index (χ3n) is 14.0. The van der Waals surface area contributed by atoms with Gasteiger partial charge < -0.3 is 9.47 Å². The molecule has 0 saturated heterocycles. The molecule has 1 heterocycles. The summed E-state index contributed by atoms with van der Waals surface area (Å²) in [6.45, 7) is 9.43. The lowest BCUT2D eigenvalue weighted by Gasteiger charge is -2.28. The van der Waals surface area contributed by atoms with Crippen LogP contribution in [0.2, 0.25) is 0 Å². The molecule has 1 aromatic heterocycles. The van der Waals surface area contributed by atoms with Gasteiger partial charge in [-0.25, -0.2) is 0 Å². The fraction of sp³-hybridized carbons (Fsp3) is 0.100. The number of anilines is 3. The highest BCUT2D eigenvalue weighted by molar-refractivity contribution is 6.10. The van der Waals surface area contributed by atoms with Crippen molar-refractivity contribution < 1.29 is 0 Å². The standard InChI is InChI=1S/C60H46N2/c1-59(2)53-19-11-8-16-47(53)49-33-31-45(37-55(49)59)61(43-27-22-40(23-28-43)39-14-6-5-7-15-39)44-29-24-41(25-30-44)42-26-35-58-52(36-42)51-18-10-13-21-57(51)62(58)46-32-34-50-48-17-9-12-20-54(48)60(3,4)56(50)38-46/h5-38H,1-4H3. The van der Waals surface area contributed by atoms with Crippen molar-refractivity contribution in [3.63, 3.8) is 0 Å². The molecule has 2 nitrogen and oxygen atoms in total. The summed E-state index contributed by atoms with van der Waals surface area (Å²) < 4.78 is 2.45. The van der Waals surface area contributed by atoms with Gasteiger partial charge in [0.1, 0.15) is 0 Å². The van der Waals surface area contributed by atoms with Gasteiger partial charge in [-0.05, 0) is 133 Å². The second-order valence-corrected chi connectivity index (χ2v) is 18.2. The molecule has 0 aliphatic heterocycles. The highest BCUT2D eigenvalue weighted by atomic mass is 15.1. The van der Waals surface area contributed by atoms with Gasteiger partial charge >= 0.3 is 0 Å². The minimum atomic E-state index is -0.0978. The predicted molar refractivity (Wildman–Crippen MR) is 261 cm³/mol. The normalized spacial score (nSPS) is 14.1. The van der Waals surface area contributed by atoms with Crippen LogP contribution in [0.5, 0.6) is 0 Å². The molecule has 2 aliphatic carbocycles. The molecule has 0 radical (unpaired) electrons. The van der Waals surface area contributed by atoms with Gasteiger partial charge in [-0.1, -0.05) is 167 Å². The van der Waals surface area contributed by atoms with E-state index in [-0.39, 0.29) is 10.8 Å². The first-order valence-corrected chi connectivity index (χ1v) is 21.8. The monoisotopic (exact) mass is 794 g/mol. The van der Waals surface area contributed by atoms with Crippen molar-refractivity contribution >= 4 is 38.9 Å². The molecule has 0 spiro atoms. The van der Waals surface area contributed by atoms with Crippen LogP contribution >= 0.6 is 0 Å². The van der Waals surface area contributed by atoms with E-state index >= 15 is 0 Å². The van der Waals surface area contributed by atoms with E-state index in [0.717, 1.165) is 17.1 Å². The molecule has 0 N–H and O–H groups in total. The Labute approximate surface area is 364 Å². The Hall–Kier alpha value is -7.42. The van der Waals surface area contributed by atoms with Crippen LogP contribution in [0.25, 0.3) is 72.0 Å².